The summed E-state index contributed by atoms with van der Waals surface area (Å²) in [5, 5.41) is 3.03. The SMILES string of the molecule is Cc1cc(NC(=O)N2CCN(C3CCCCCC3)CC2)ccc1Br. The lowest BCUT2D eigenvalue weighted by atomic mass is 10.1. The molecule has 2 aliphatic rings. The molecule has 4 nitrogen and oxygen atoms in total. The summed E-state index contributed by atoms with van der Waals surface area (Å²) in [4.78, 5) is 17.0. The third-order valence-electron chi connectivity index (χ3n) is 5.35. The van der Waals surface area contributed by atoms with Gasteiger partial charge in [0.05, 0.1) is 0 Å². The number of urea groups is 1. The number of hydrogen-bond acceptors (Lipinski definition) is 2. The Morgan fingerprint density at radius 1 is 1.08 bits per heavy atom. The van der Waals surface area contributed by atoms with Gasteiger partial charge >= 0.3 is 6.03 Å². The predicted octanol–water partition coefficient (Wildman–Crippen LogP) is 4.63. The van der Waals surface area contributed by atoms with Crippen molar-refractivity contribution in [1.29, 1.82) is 0 Å². The van der Waals surface area contributed by atoms with Crippen molar-refractivity contribution >= 4 is 27.6 Å². The standard InChI is InChI=1S/C19H28BrN3O/c1-15-14-16(8-9-18(15)20)21-19(24)23-12-10-22(11-13-23)17-6-4-2-3-5-7-17/h8-9,14,17H,2-7,10-13H2,1H3,(H,21,24). The number of halogens is 1. The van der Waals surface area contributed by atoms with Crippen molar-refractivity contribution in [3.8, 4) is 0 Å². The molecule has 1 aliphatic heterocycles. The van der Waals surface area contributed by atoms with Crippen LogP contribution in [0.3, 0.4) is 0 Å². The van der Waals surface area contributed by atoms with Gasteiger partial charge in [0.1, 0.15) is 0 Å². The molecular weight excluding hydrogens is 366 g/mol. The fraction of sp³-hybridized carbons (Fsp3) is 0.632. The molecule has 132 valence electrons. The normalized spacial score (nSPS) is 20.7. The minimum absolute atomic E-state index is 0.0252. The van der Waals surface area contributed by atoms with Gasteiger partial charge in [-0.3, -0.25) is 4.90 Å². The number of amides is 2. The van der Waals surface area contributed by atoms with Crippen LogP contribution in [-0.4, -0.2) is 48.1 Å². The topological polar surface area (TPSA) is 35.6 Å². The Balaban J connectivity index is 1.50. The van der Waals surface area contributed by atoms with Crippen molar-refractivity contribution in [1.82, 2.24) is 9.80 Å². The second kappa shape index (κ2) is 8.34. The Kier molecular flexibility index (Phi) is 6.17. The summed E-state index contributed by atoms with van der Waals surface area (Å²) >= 11 is 3.49. The molecule has 2 fully saturated rings. The van der Waals surface area contributed by atoms with E-state index in [0.29, 0.717) is 0 Å². The van der Waals surface area contributed by atoms with E-state index < -0.39 is 0 Å². The summed E-state index contributed by atoms with van der Waals surface area (Å²) < 4.78 is 1.07. The Bertz CT molecular complexity index is 562. The van der Waals surface area contributed by atoms with Crippen LogP contribution >= 0.6 is 15.9 Å². The molecular formula is C19H28BrN3O. The molecule has 1 saturated carbocycles. The monoisotopic (exact) mass is 393 g/mol. The summed E-state index contributed by atoms with van der Waals surface area (Å²) in [6.07, 6.45) is 8.20. The number of aryl methyl sites for hydroxylation is 1. The van der Waals surface area contributed by atoms with E-state index in [1.807, 2.05) is 30.0 Å². The molecule has 5 heteroatoms. The van der Waals surface area contributed by atoms with Crippen LogP contribution < -0.4 is 5.32 Å². The molecule has 1 aromatic rings. The highest BCUT2D eigenvalue weighted by Crippen LogP contribution is 2.23. The average molecular weight is 394 g/mol. The number of anilines is 1. The minimum atomic E-state index is 0.0252. The number of rotatable bonds is 2. The largest absolute Gasteiger partial charge is 0.322 e. The van der Waals surface area contributed by atoms with Crippen molar-refractivity contribution in [2.45, 2.75) is 51.5 Å². The summed E-state index contributed by atoms with van der Waals surface area (Å²) in [6, 6.07) is 6.69. The Morgan fingerprint density at radius 2 is 1.75 bits per heavy atom. The van der Waals surface area contributed by atoms with Gasteiger partial charge in [-0.15, -0.1) is 0 Å². The van der Waals surface area contributed by atoms with Crippen LogP contribution in [0.5, 0.6) is 0 Å². The average Bonchev–Trinajstić information content (AvgIpc) is 2.88. The molecule has 0 radical (unpaired) electrons. The lowest BCUT2D eigenvalue weighted by Crippen LogP contribution is -2.52. The van der Waals surface area contributed by atoms with Crippen molar-refractivity contribution in [2.75, 3.05) is 31.5 Å². The van der Waals surface area contributed by atoms with Crippen LogP contribution in [0, 0.1) is 6.92 Å². The van der Waals surface area contributed by atoms with Crippen molar-refractivity contribution in [3.63, 3.8) is 0 Å². The van der Waals surface area contributed by atoms with Crippen molar-refractivity contribution < 1.29 is 4.79 Å². The van der Waals surface area contributed by atoms with E-state index in [1.54, 1.807) is 0 Å². The number of carbonyl (C=O) groups excluding carboxylic acids is 1. The molecule has 2 amide bonds. The van der Waals surface area contributed by atoms with Crippen LogP contribution in [0.15, 0.2) is 22.7 Å². The van der Waals surface area contributed by atoms with Gasteiger partial charge < -0.3 is 10.2 Å². The molecule has 0 aromatic heterocycles. The van der Waals surface area contributed by atoms with Crippen LogP contribution in [0.2, 0.25) is 0 Å². The second-order valence-electron chi connectivity index (χ2n) is 7.06. The van der Waals surface area contributed by atoms with E-state index >= 15 is 0 Å². The Hall–Kier alpha value is -1.07. The molecule has 1 heterocycles. The van der Waals surface area contributed by atoms with Gasteiger partial charge in [0.15, 0.2) is 0 Å². The summed E-state index contributed by atoms with van der Waals surface area (Å²) in [5.41, 5.74) is 2.00. The third-order valence-corrected chi connectivity index (χ3v) is 6.24. The van der Waals surface area contributed by atoms with Crippen molar-refractivity contribution in [2.24, 2.45) is 0 Å². The lowest BCUT2D eigenvalue weighted by Gasteiger charge is -2.39. The van der Waals surface area contributed by atoms with E-state index in [1.165, 1.54) is 38.5 Å². The molecule has 0 spiro atoms. The molecule has 1 aliphatic carbocycles. The van der Waals surface area contributed by atoms with E-state index in [2.05, 4.69) is 26.1 Å². The van der Waals surface area contributed by atoms with Gasteiger partial charge in [0.2, 0.25) is 0 Å². The molecule has 1 aromatic carbocycles. The first-order chi connectivity index (χ1) is 11.6. The van der Waals surface area contributed by atoms with Crippen LogP contribution in [-0.2, 0) is 0 Å². The number of piperazine rings is 1. The first-order valence-electron chi connectivity index (χ1n) is 9.19. The number of hydrogen-bond donors (Lipinski definition) is 1. The van der Waals surface area contributed by atoms with Crippen LogP contribution in [0.25, 0.3) is 0 Å². The fourth-order valence-electron chi connectivity index (χ4n) is 3.84. The van der Waals surface area contributed by atoms with E-state index in [9.17, 15) is 4.79 Å². The van der Waals surface area contributed by atoms with Crippen LogP contribution in [0.1, 0.15) is 44.1 Å². The zero-order valence-corrected chi connectivity index (χ0v) is 16.1. The molecule has 24 heavy (non-hydrogen) atoms. The highest BCUT2D eigenvalue weighted by molar-refractivity contribution is 9.10. The quantitative estimate of drug-likeness (QED) is 0.743. The van der Waals surface area contributed by atoms with Gasteiger partial charge in [-0.05, 0) is 43.5 Å². The summed E-state index contributed by atoms with van der Waals surface area (Å²) in [5.74, 6) is 0. The molecule has 0 atom stereocenters. The van der Waals surface area contributed by atoms with Crippen molar-refractivity contribution in [3.05, 3.63) is 28.2 Å². The first-order valence-corrected chi connectivity index (χ1v) is 9.99. The number of carbonyl (C=O) groups is 1. The molecule has 0 unspecified atom stereocenters. The Morgan fingerprint density at radius 3 is 2.38 bits per heavy atom. The zero-order valence-electron chi connectivity index (χ0n) is 14.6. The predicted molar refractivity (Wildman–Crippen MR) is 103 cm³/mol. The lowest BCUT2D eigenvalue weighted by molar-refractivity contribution is 0.105. The maximum absolute atomic E-state index is 12.5. The van der Waals surface area contributed by atoms with Gasteiger partial charge in [0, 0.05) is 42.4 Å². The zero-order chi connectivity index (χ0) is 16.9. The highest BCUT2D eigenvalue weighted by Gasteiger charge is 2.26. The molecule has 1 saturated heterocycles. The van der Waals surface area contributed by atoms with Crippen LogP contribution in [0.4, 0.5) is 10.5 Å². The maximum Gasteiger partial charge on any atom is 0.321 e. The van der Waals surface area contributed by atoms with E-state index in [0.717, 1.165) is 47.9 Å². The number of nitrogens with one attached hydrogen (secondary N) is 1. The smallest absolute Gasteiger partial charge is 0.321 e. The number of benzene rings is 1. The van der Waals surface area contributed by atoms with Gasteiger partial charge in [-0.2, -0.15) is 0 Å². The fourth-order valence-corrected chi connectivity index (χ4v) is 4.08. The van der Waals surface area contributed by atoms with E-state index in [4.69, 9.17) is 0 Å². The minimum Gasteiger partial charge on any atom is -0.322 e. The van der Waals surface area contributed by atoms with Gasteiger partial charge in [-0.25, -0.2) is 4.79 Å². The molecule has 1 N–H and O–H groups in total. The number of nitrogens with zero attached hydrogens (tertiary/aromatic N) is 2. The summed E-state index contributed by atoms with van der Waals surface area (Å²) in [7, 11) is 0. The van der Waals surface area contributed by atoms with Gasteiger partial charge in [0.25, 0.3) is 0 Å². The molecule has 0 bridgehead atoms. The Labute approximate surface area is 153 Å². The highest BCUT2D eigenvalue weighted by atomic mass is 79.9. The second-order valence-corrected chi connectivity index (χ2v) is 7.92. The molecule has 3 rings (SSSR count). The maximum atomic E-state index is 12.5. The first kappa shape index (κ1) is 17.7. The van der Waals surface area contributed by atoms with Gasteiger partial charge in [-0.1, -0.05) is 41.6 Å². The van der Waals surface area contributed by atoms with E-state index in [-0.39, 0.29) is 6.03 Å². The summed E-state index contributed by atoms with van der Waals surface area (Å²) in [6.45, 7) is 5.72. The third kappa shape index (κ3) is 4.51.